The molecule has 5 rings (SSSR count). The second-order valence-electron chi connectivity index (χ2n) is 8.36. The van der Waals surface area contributed by atoms with E-state index < -0.39 is 0 Å². The second-order valence-corrected chi connectivity index (χ2v) is 8.36. The lowest BCUT2D eigenvalue weighted by Gasteiger charge is -2.13. The lowest BCUT2D eigenvalue weighted by Crippen LogP contribution is -2.06. The maximum atomic E-state index is 4.63. The summed E-state index contributed by atoms with van der Waals surface area (Å²) < 4.78 is 4.50. The van der Waals surface area contributed by atoms with E-state index in [1.165, 1.54) is 44.4 Å². The van der Waals surface area contributed by atoms with Gasteiger partial charge in [0.15, 0.2) is 0 Å². The SMILES string of the molecule is Cc1cc2ncn(Cc3ccccc3Cn3cnc4cc(C)c(C)cc43)c2cc1C. The zero-order chi connectivity index (χ0) is 20.8. The van der Waals surface area contributed by atoms with E-state index in [1.807, 2.05) is 12.7 Å². The summed E-state index contributed by atoms with van der Waals surface area (Å²) in [6.45, 7) is 10.2. The molecule has 30 heavy (non-hydrogen) atoms. The van der Waals surface area contributed by atoms with Crippen molar-refractivity contribution in [1.82, 2.24) is 19.1 Å². The minimum absolute atomic E-state index is 0.805. The van der Waals surface area contributed by atoms with Crippen LogP contribution in [0.15, 0.2) is 61.2 Å². The van der Waals surface area contributed by atoms with E-state index in [2.05, 4.69) is 95.3 Å². The lowest BCUT2D eigenvalue weighted by atomic mass is 10.1. The van der Waals surface area contributed by atoms with Crippen LogP contribution < -0.4 is 0 Å². The minimum Gasteiger partial charge on any atom is -0.326 e. The van der Waals surface area contributed by atoms with Gasteiger partial charge >= 0.3 is 0 Å². The fourth-order valence-corrected chi connectivity index (χ4v) is 4.11. The van der Waals surface area contributed by atoms with Gasteiger partial charge in [-0.25, -0.2) is 9.97 Å². The first kappa shape index (κ1) is 18.6. The van der Waals surface area contributed by atoms with E-state index >= 15 is 0 Å². The molecule has 0 saturated carbocycles. The molecule has 0 spiro atoms. The number of hydrogen-bond acceptors (Lipinski definition) is 2. The molecule has 150 valence electrons. The average Bonchev–Trinajstić information content (AvgIpc) is 3.28. The van der Waals surface area contributed by atoms with Gasteiger partial charge in [0.1, 0.15) is 0 Å². The van der Waals surface area contributed by atoms with Crippen LogP contribution in [0.2, 0.25) is 0 Å². The van der Waals surface area contributed by atoms with Crippen molar-refractivity contribution in [2.45, 2.75) is 40.8 Å². The molecule has 0 aliphatic rings. The van der Waals surface area contributed by atoms with Crippen molar-refractivity contribution in [1.29, 1.82) is 0 Å². The van der Waals surface area contributed by atoms with Gasteiger partial charge in [-0.15, -0.1) is 0 Å². The van der Waals surface area contributed by atoms with Crippen LogP contribution in [0.5, 0.6) is 0 Å². The fraction of sp³-hybridized carbons (Fsp3) is 0.231. The van der Waals surface area contributed by atoms with Crippen molar-refractivity contribution in [2.24, 2.45) is 0 Å². The maximum absolute atomic E-state index is 4.63. The Morgan fingerprint density at radius 1 is 0.600 bits per heavy atom. The Morgan fingerprint density at radius 2 is 1.00 bits per heavy atom. The molecule has 0 unspecified atom stereocenters. The van der Waals surface area contributed by atoms with Gasteiger partial charge < -0.3 is 9.13 Å². The normalized spacial score (nSPS) is 11.6. The summed E-state index contributed by atoms with van der Waals surface area (Å²) in [5.41, 5.74) is 12.3. The topological polar surface area (TPSA) is 35.6 Å². The Hall–Kier alpha value is -3.40. The Labute approximate surface area is 176 Å². The third kappa shape index (κ3) is 3.18. The van der Waals surface area contributed by atoms with Gasteiger partial charge in [-0.1, -0.05) is 24.3 Å². The summed E-state index contributed by atoms with van der Waals surface area (Å²) in [4.78, 5) is 9.26. The molecule has 0 saturated heterocycles. The largest absolute Gasteiger partial charge is 0.326 e. The zero-order valence-corrected chi connectivity index (χ0v) is 18.0. The molecule has 4 heteroatoms. The van der Waals surface area contributed by atoms with E-state index in [9.17, 15) is 0 Å². The predicted molar refractivity (Wildman–Crippen MR) is 123 cm³/mol. The molecule has 2 aromatic heterocycles. The first-order valence-electron chi connectivity index (χ1n) is 10.4. The van der Waals surface area contributed by atoms with Crippen LogP contribution in [0.4, 0.5) is 0 Å². The molecule has 0 amide bonds. The molecule has 4 nitrogen and oxygen atoms in total. The van der Waals surface area contributed by atoms with Gasteiger partial charge in [-0.2, -0.15) is 0 Å². The van der Waals surface area contributed by atoms with Crippen molar-refractivity contribution in [2.75, 3.05) is 0 Å². The molecular weight excluding hydrogens is 368 g/mol. The third-order valence-electron chi connectivity index (χ3n) is 6.27. The van der Waals surface area contributed by atoms with Crippen LogP contribution in [0.1, 0.15) is 33.4 Å². The van der Waals surface area contributed by atoms with Crippen molar-refractivity contribution in [3.8, 4) is 0 Å². The van der Waals surface area contributed by atoms with Crippen LogP contribution in [-0.2, 0) is 13.1 Å². The van der Waals surface area contributed by atoms with Gasteiger partial charge in [0.05, 0.1) is 34.7 Å². The highest BCUT2D eigenvalue weighted by molar-refractivity contribution is 5.78. The number of benzene rings is 3. The Balaban J connectivity index is 1.51. The molecular formula is C26H26N4. The van der Waals surface area contributed by atoms with Crippen LogP contribution in [-0.4, -0.2) is 19.1 Å². The maximum Gasteiger partial charge on any atom is 0.0961 e. The van der Waals surface area contributed by atoms with Crippen LogP contribution in [0.25, 0.3) is 22.1 Å². The molecule has 0 fully saturated rings. The number of hydrogen-bond donors (Lipinski definition) is 0. The highest BCUT2D eigenvalue weighted by atomic mass is 15.1. The summed E-state index contributed by atoms with van der Waals surface area (Å²) in [6, 6.07) is 17.5. The van der Waals surface area contributed by atoms with Crippen LogP contribution in [0, 0.1) is 27.7 Å². The monoisotopic (exact) mass is 394 g/mol. The van der Waals surface area contributed by atoms with Crippen molar-refractivity contribution >= 4 is 22.1 Å². The molecule has 3 aromatic carbocycles. The first-order chi connectivity index (χ1) is 14.5. The number of imidazole rings is 2. The molecule has 0 N–H and O–H groups in total. The number of aromatic nitrogens is 4. The van der Waals surface area contributed by atoms with E-state index in [4.69, 9.17) is 0 Å². The third-order valence-corrected chi connectivity index (χ3v) is 6.27. The fourth-order valence-electron chi connectivity index (χ4n) is 4.11. The summed E-state index contributed by atoms with van der Waals surface area (Å²) >= 11 is 0. The Kier molecular flexibility index (Phi) is 4.43. The molecule has 0 radical (unpaired) electrons. The quantitative estimate of drug-likeness (QED) is 0.391. The molecule has 0 aliphatic heterocycles. The summed E-state index contributed by atoms with van der Waals surface area (Å²) in [7, 11) is 0. The van der Waals surface area contributed by atoms with E-state index in [0.29, 0.717) is 0 Å². The highest BCUT2D eigenvalue weighted by Crippen LogP contribution is 2.23. The van der Waals surface area contributed by atoms with Gasteiger partial charge in [-0.05, 0) is 85.3 Å². The van der Waals surface area contributed by atoms with Crippen LogP contribution >= 0.6 is 0 Å². The molecule has 0 aliphatic carbocycles. The zero-order valence-electron chi connectivity index (χ0n) is 18.0. The predicted octanol–water partition coefficient (Wildman–Crippen LogP) is 5.72. The van der Waals surface area contributed by atoms with E-state index in [-0.39, 0.29) is 0 Å². The molecule has 5 aromatic rings. The first-order valence-corrected chi connectivity index (χ1v) is 10.4. The average molecular weight is 395 g/mol. The smallest absolute Gasteiger partial charge is 0.0961 e. The van der Waals surface area contributed by atoms with Gasteiger partial charge in [-0.3, -0.25) is 0 Å². The number of aryl methyl sites for hydroxylation is 4. The van der Waals surface area contributed by atoms with Gasteiger partial charge in [0, 0.05) is 13.1 Å². The van der Waals surface area contributed by atoms with Crippen molar-refractivity contribution < 1.29 is 0 Å². The summed E-state index contributed by atoms with van der Waals surface area (Å²) in [5.74, 6) is 0. The van der Waals surface area contributed by atoms with Crippen LogP contribution in [0.3, 0.4) is 0 Å². The Bertz CT molecular complexity index is 1280. The molecule has 0 atom stereocenters. The minimum atomic E-state index is 0.805. The number of fused-ring (bicyclic) bond motifs is 2. The summed E-state index contributed by atoms with van der Waals surface area (Å²) in [5, 5.41) is 0. The highest BCUT2D eigenvalue weighted by Gasteiger charge is 2.11. The van der Waals surface area contributed by atoms with Crippen molar-refractivity contribution in [3.63, 3.8) is 0 Å². The van der Waals surface area contributed by atoms with Gasteiger partial charge in [0.25, 0.3) is 0 Å². The second kappa shape index (κ2) is 7.13. The van der Waals surface area contributed by atoms with E-state index in [1.54, 1.807) is 0 Å². The Morgan fingerprint density at radius 3 is 1.43 bits per heavy atom. The molecule has 0 bridgehead atoms. The lowest BCUT2D eigenvalue weighted by molar-refractivity contribution is 0.773. The van der Waals surface area contributed by atoms with Gasteiger partial charge in [0.2, 0.25) is 0 Å². The summed E-state index contributed by atoms with van der Waals surface area (Å²) in [6.07, 6.45) is 3.91. The molecule has 2 heterocycles. The number of nitrogens with zero attached hydrogens (tertiary/aromatic N) is 4. The number of rotatable bonds is 4. The van der Waals surface area contributed by atoms with E-state index in [0.717, 1.165) is 24.1 Å². The van der Waals surface area contributed by atoms with Crippen molar-refractivity contribution in [3.05, 3.63) is 94.6 Å². The standard InChI is InChI=1S/C26H26N4/c1-17-9-23-25(11-19(17)3)29(15-27-23)13-21-7-5-6-8-22(21)14-30-16-28-24-10-18(2)20(4)12-26(24)30/h5-12,15-16H,13-14H2,1-4H3.